The van der Waals surface area contributed by atoms with Gasteiger partial charge in [-0.15, -0.1) is 0 Å². The van der Waals surface area contributed by atoms with E-state index in [1.165, 1.54) is 12.3 Å². The summed E-state index contributed by atoms with van der Waals surface area (Å²) in [5.41, 5.74) is 0.969. The number of alkyl halides is 3. The van der Waals surface area contributed by atoms with Gasteiger partial charge >= 0.3 is 6.18 Å². The molecule has 0 saturated carbocycles. The summed E-state index contributed by atoms with van der Waals surface area (Å²) in [6.07, 6.45) is -2.25. The lowest BCUT2D eigenvalue weighted by Gasteiger charge is -2.56. The standard InChI is InChI=1S/C22H19F3N4O2/c23-22(24,25)20-7-6-14(10-26-20)11-28-12-16-8-17(13-28)29(16)21(30)18-9-19(31-27-18)15-4-2-1-3-5-15/h1-7,9-10,16-17H,8,11-13H2. The van der Waals surface area contributed by atoms with Gasteiger partial charge in [-0.3, -0.25) is 14.7 Å². The highest BCUT2D eigenvalue weighted by Crippen LogP contribution is 2.35. The number of pyridine rings is 1. The van der Waals surface area contributed by atoms with Gasteiger partial charge in [0.2, 0.25) is 0 Å². The molecular formula is C22H19F3N4O2. The molecule has 5 heterocycles. The van der Waals surface area contributed by atoms with Crippen molar-refractivity contribution in [2.45, 2.75) is 31.2 Å². The molecule has 0 spiro atoms. The first kappa shape index (κ1) is 19.7. The highest BCUT2D eigenvalue weighted by molar-refractivity contribution is 5.94. The van der Waals surface area contributed by atoms with Gasteiger partial charge < -0.3 is 9.42 Å². The summed E-state index contributed by atoms with van der Waals surface area (Å²) in [6, 6.07) is 13.7. The fourth-order valence-corrected chi connectivity index (χ4v) is 4.35. The van der Waals surface area contributed by atoms with Crippen LogP contribution in [-0.2, 0) is 12.7 Å². The molecule has 9 heteroatoms. The number of halogens is 3. The summed E-state index contributed by atoms with van der Waals surface area (Å²) >= 11 is 0. The van der Waals surface area contributed by atoms with E-state index in [9.17, 15) is 18.0 Å². The fourth-order valence-electron chi connectivity index (χ4n) is 4.35. The summed E-state index contributed by atoms with van der Waals surface area (Å²) in [5.74, 6) is 0.397. The number of benzene rings is 1. The molecule has 3 aliphatic heterocycles. The lowest BCUT2D eigenvalue weighted by molar-refractivity contribution is -0.141. The van der Waals surface area contributed by atoms with Gasteiger partial charge in [0, 0.05) is 49.5 Å². The number of amides is 1. The van der Waals surface area contributed by atoms with E-state index in [0.29, 0.717) is 25.4 Å². The molecule has 0 radical (unpaired) electrons. The summed E-state index contributed by atoms with van der Waals surface area (Å²) in [4.78, 5) is 20.5. The number of carbonyl (C=O) groups excluding carboxylic acids is 1. The van der Waals surface area contributed by atoms with Gasteiger partial charge in [0.25, 0.3) is 5.91 Å². The number of nitrogens with zero attached hydrogens (tertiary/aromatic N) is 4. The predicted molar refractivity (Wildman–Crippen MR) is 105 cm³/mol. The van der Waals surface area contributed by atoms with E-state index in [0.717, 1.165) is 23.6 Å². The molecule has 1 amide bonds. The molecule has 31 heavy (non-hydrogen) atoms. The molecule has 6 rings (SSSR count). The number of carbonyl (C=O) groups is 1. The van der Waals surface area contributed by atoms with E-state index < -0.39 is 11.9 Å². The zero-order valence-corrected chi connectivity index (χ0v) is 16.4. The normalized spacial score (nSPS) is 21.1. The Kier molecular flexibility index (Phi) is 4.77. The Morgan fingerprint density at radius 1 is 1.10 bits per heavy atom. The Bertz CT molecular complexity index is 1070. The van der Waals surface area contributed by atoms with Crippen LogP contribution in [0.2, 0.25) is 0 Å². The van der Waals surface area contributed by atoms with Gasteiger partial charge in [0.1, 0.15) is 5.69 Å². The third-order valence-electron chi connectivity index (χ3n) is 5.81. The zero-order chi connectivity index (χ0) is 21.6. The van der Waals surface area contributed by atoms with Gasteiger partial charge in [-0.2, -0.15) is 13.2 Å². The van der Waals surface area contributed by atoms with E-state index in [2.05, 4.69) is 15.0 Å². The van der Waals surface area contributed by atoms with Crippen molar-refractivity contribution in [1.29, 1.82) is 0 Å². The molecule has 2 unspecified atom stereocenters. The minimum Gasteiger partial charge on any atom is -0.355 e. The largest absolute Gasteiger partial charge is 0.433 e. The Morgan fingerprint density at radius 2 is 1.84 bits per heavy atom. The maximum atomic E-state index is 13.0. The Labute approximate surface area is 176 Å². The van der Waals surface area contributed by atoms with Crippen molar-refractivity contribution in [2.24, 2.45) is 0 Å². The third kappa shape index (κ3) is 3.81. The van der Waals surface area contributed by atoms with E-state index in [4.69, 9.17) is 4.52 Å². The average Bonchev–Trinajstić information content (AvgIpc) is 3.24. The maximum absolute atomic E-state index is 13.0. The van der Waals surface area contributed by atoms with Crippen LogP contribution in [0.1, 0.15) is 28.2 Å². The fraction of sp³-hybridized carbons (Fsp3) is 0.318. The predicted octanol–water partition coefficient (Wildman–Crippen LogP) is 3.85. The summed E-state index contributed by atoms with van der Waals surface area (Å²) in [5, 5.41) is 3.96. The van der Waals surface area contributed by atoms with Crippen molar-refractivity contribution < 1.29 is 22.5 Å². The quantitative estimate of drug-likeness (QED) is 0.632. The van der Waals surface area contributed by atoms with Crippen molar-refractivity contribution in [3.05, 3.63) is 71.7 Å². The highest BCUT2D eigenvalue weighted by Gasteiger charge is 2.47. The van der Waals surface area contributed by atoms with Crippen LogP contribution in [0, 0.1) is 0 Å². The van der Waals surface area contributed by atoms with Crippen LogP contribution in [0.15, 0.2) is 59.3 Å². The van der Waals surface area contributed by atoms with E-state index in [1.807, 2.05) is 35.2 Å². The maximum Gasteiger partial charge on any atom is 0.433 e. The summed E-state index contributed by atoms with van der Waals surface area (Å²) < 4.78 is 43.4. The summed E-state index contributed by atoms with van der Waals surface area (Å²) in [7, 11) is 0. The number of fused-ring (bicyclic) bond motifs is 2. The number of hydrogen-bond acceptors (Lipinski definition) is 5. The van der Waals surface area contributed by atoms with Crippen LogP contribution in [0.3, 0.4) is 0 Å². The topological polar surface area (TPSA) is 62.5 Å². The number of hydrogen-bond donors (Lipinski definition) is 0. The first-order chi connectivity index (χ1) is 14.9. The molecule has 0 aliphatic carbocycles. The Balaban J connectivity index is 1.22. The molecule has 3 fully saturated rings. The van der Waals surface area contributed by atoms with Crippen molar-refractivity contribution in [3.8, 4) is 11.3 Å². The van der Waals surface area contributed by atoms with Gasteiger partial charge in [-0.1, -0.05) is 41.6 Å². The first-order valence-electron chi connectivity index (χ1n) is 9.98. The lowest BCUT2D eigenvalue weighted by Crippen LogP contribution is -2.69. The average molecular weight is 428 g/mol. The van der Waals surface area contributed by atoms with Crippen molar-refractivity contribution in [1.82, 2.24) is 19.9 Å². The van der Waals surface area contributed by atoms with E-state index in [1.54, 1.807) is 6.07 Å². The molecule has 6 nitrogen and oxygen atoms in total. The second-order valence-corrected chi connectivity index (χ2v) is 7.94. The van der Waals surface area contributed by atoms with Crippen LogP contribution in [0.4, 0.5) is 13.2 Å². The number of piperazine rings is 1. The van der Waals surface area contributed by atoms with Crippen LogP contribution in [0.5, 0.6) is 0 Å². The van der Waals surface area contributed by atoms with Crippen molar-refractivity contribution >= 4 is 5.91 Å². The first-order valence-corrected chi connectivity index (χ1v) is 9.98. The zero-order valence-electron chi connectivity index (χ0n) is 16.4. The van der Waals surface area contributed by atoms with Crippen molar-refractivity contribution in [2.75, 3.05) is 13.1 Å². The van der Waals surface area contributed by atoms with Crippen LogP contribution in [-0.4, -0.2) is 51.0 Å². The second-order valence-electron chi connectivity index (χ2n) is 7.94. The summed E-state index contributed by atoms with van der Waals surface area (Å²) in [6.45, 7) is 1.82. The van der Waals surface area contributed by atoms with Gasteiger partial charge in [0.15, 0.2) is 11.5 Å². The molecule has 3 aromatic rings. The van der Waals surface area contributed by atoms with Crippen molar-refractivity contribution in [3.63, 3.8) is 0 Å². The minimum absolute atomic E-state index is 0.0607. The molecule has 160 valence electrons. The van der Waals surface area contributed by atoms with E-state index in [-0.39, 0.29) is 23.7 Å². The van der Waals surface area contributed by atoms with E-state index >= 15 is 0 Å². The van der Waals surface area contributed by atoms with Gasteiger partial charge in [-0.25, -0.2) is 0 Å². The van der Waals surface area contributed by atoms with Crippen LogP contribution < -0.4 is 0 Å². The number of piperidine rings is 1. The third-order valence-corrected chi connectivity index (χ3v) is 5.81. The van der Waals surface area contributed by atoms with Crippen LogP contribution in [0.25, 0.3) is 11.3 Å². The molecule has 2 aromatic heterocycles. The molecule has 3 aliphatic rings. The Morgan fingerprint density at radius 3 is 2.48 bits per heavy atom. The monoisotopic (exact) mass is 428 g/mol. The molecule has 1 aromatic carbocycles. The lowest BCUT2D eigenvalue weighted by atomic mass is 9.86. The SMILES string of the molecule is O=C(c1cc(-c2ccccc2)on1)N1C2CC1CN(Cc1ccc(C(F)(F)F)nc1)C2. The Hall–Kier alpha value is -3.20. The molecule has 0 N–H and O–H groups in total. The molecule has 2 atom stereocenters. The minimum atomic E-state index is -4.44. The molecule has 2 bridgehead atoms. The second kappa shape index (κ2) is 7.49. The smallest absolute Gasteiger partial charge is 0.355 e. The van der Waals surface area contributed by atoms with Crippen LogP contribution >= 0.6 is 0 Å². The molecule has 3 saturated heterocycles. The van der Waals surface area contributed by atoms with Gasteiger partial charge in [-0.05, 0) is 18.1 Å². The van der Waals surface area contributed by atoms with Gasteiger partial charge in [0.05, 0.1) is 0 Å². The number of aromatic nitrogens is 2. The highest BCUT2D eigenvalue weighted by atomic mass is 19.4. The molecular weight excluding hydrogens is 409 g/mol. The number of rotatable bonds is 4.